The number of rotatable bonds is 1. The molecule has 3 nitrogen and oxygen atoms in total. The van der Waals surface area contributed by atoms with Gasteiger partial charge < -0.3 is 5.11 Å². The molecule has 1 aromatic heterocycles. The highest BCUT2D eigenvalue weighted by Crippen LogP contribution is 2.29. The third kappa shape index (κ3) is 1.84. The van der Waals surface area contributed by atoms with E-state index in [4.69, 9.17) is 5.26 Å². The first kappa shape index (κ1) is 10.1. The molecule has 0 radical (unpaired) electrons. The van der Waals surface area contributed by atoms with Crippen molar-refractivity contribution in [2.45, 2.75) is 0 Å². The average Bonchev–Trinajstić information content (AvgIpc) is 2.32. The Labute approximate surface area is 91.4 Å². The normalized spacial score (nSPS) is 9.75. The van der Waals surface area contributed by atoms with E-state index in [1.807, 2.05) is 6.07 Å². The first-order valence-electron chi connectivity index (χ1n) is 4.55. The monoisotopic (exact) mass is 214 g/mol. The summed E-state index contributed by atoms with van der Waals surface area (Å²) < 4.78 is 13.0. The van der Waals surface area contributed by atoms with Gasteiger partial charge in [-0.05, 0) is 24.3 Å². The SMILES string of the molecule is N#Cc1cncc(-c2cc(F)ccc2O)c1. The van der Waals surface area contributed by atoms with Gasteiger partial charge in [0, 0.05) is 23.5 Å². The van der Waals surface area contributed by atoms with Gasteiger partial charge in [0.05, 0.1) is 5.56 Å². The molecule has 2 rings (SSSR count). The van der Waals surface area contributed by atoms with E-state index in [9.17, 15) is 9.50 Å². The third-order valence-electron chi connectivity index (χ3n) is 2.14. The minimum absolute atomic E-state index is 0.0433. The molecule has 4 heteroatoms. The molecule has 0 bridgehead atoms. The van der Waals surface area contributed by atoms with E-state index >= 15 is 0 Å². The molecule has 0 saturated carbocycles. The fourth-order valence-corrected chi connectivity index (χ4v) is 1.39. The van der Waals surface area contributed by atoms with Crippen molar-refractivity contribution in [1.82, 2.24) is 4.98 Å². The van der Waals surface area contributed by atoms with Gasteiger partial charge in [0.15, 0.2) is 0 Å². The highest BCUT2D eigenvalue weighted by molar-refractivity contribution is 5.70. The highest BCUT2D eigenvalue weighted by Gasteiger charge is 2.06. The van der Waals surface area contributed by atoms with Gasteiger partial charge in [-0.2, -0.15) is 5.26 Å². The minimum atomic E-state index is -0.449. The Morgan fingerprint density at radius 2 is 2.06 bits per heavy atom. The maximum absolute atomic E-state index is 13.0. The Hall–Kier alpha value is -2.41. The van der Waals surface area contributed by atoms with Gasteiger partial charge in [-0.25, -0.2) is 4.39 Å². The molecule has 78 valence electrons. The second-order valence-corrected chi connectivity index (χ2v) is 3.24. The summed E-state index contributed by atoms with van der Waals surface area (Å²) in [7, 11) is 0. The molecule has 1 heterocycles. The number of nitriles is 1. The van der Waals surface area contributed by atoms with Crippen molar-refractivity contribution < 1.29 is 9.50 Å². The van der Waals surface area contributed by atoms with Crippen LogP contribution in [0.1, 0.15) is 5.56 Å². The number of pyridine rings is 1. The summed E-state index contributed by atoms with van der Waals surface area (Å²) in [6.07, 6.45) is 2.87. The summed E-state index contributed by atoms with van der Waals surface area (Å²) in [6, 6.07) is 7.11. The molecule has 0 atom stereocenters. The first-order valence-corrected chi connectivity index (χ1v) is 4.55. The van der Waals surface area contributed by atoms with Crippen LogP contribution in [0.2, 0.25) is 0 Å². The van der Waals surface area contributed by atoms with E-state index in [0.29, 0.717) is 16.7 Å². The third-order valence-corrected chi connectivity index (χ3v) is 2.14. The van der Waals surface area contributed by atoms with Crippen LogP contribution in [-0.4, -0.2) is 10.1 Å². The Balaban J connectivity index is 2.58. The predicted molar refractivity (Wildman–Crippen MR) is 56.0 cm³/mol. The number of aromatic hydroxyl groups is 1. The Morgan fingerprint density at radius 3 is 2.81 bits per heavy atom. The molecule has 0 unspecified atom stereocenters. The zero-order valence-electron chi connectivity index (χ0n) is 8.18. The van der Waals surface area contributed by atoms with Gasteiger partial charge in [-0.3, -0.25) is 4.98 Å². The Kier molecular flexibility index (Phi) is 2.52. The summed E-state index contributed by atoms with van der Waals surface area (Å²) in [4.78, 5) is 3.85. The molecule has 1 N–H and O–H groups in total. The maximum Gasteiger partial charge on any atom is 0.124 e. The molecule has 0 saturated heterocycles. The summed E-state index contributed by atoms with van der Waals surface area (Å²) >= 11 is 0. The lowest BCUT2D eigenvalue weighted by atomic mass is 10.1. The zero-order chi connectivity index (χ0) is 11.5. The van der Waals surface area contributed by atoms with Gasteiger partial charge in [0.2, 0.25) is 0 Å². The molecule has 2 aromatic rings. The highest BCUT2D eigenvalue weighted by atomic mass is 19.1. The van der Waals surface area contributed by atoms with E-state index in [2.05, 4.69) is 4.98 Å². The number of hydrogen-bond donors (Lipinski definition) is 1. The topological polar surface area (TPSA) is 56.9 Å². The van der Waals surface area contributed by atoms with Crippen molar-refractivity contribution in [2.75, 3.05) is 0 Å². The van der Waals surface area contributed by atoms with Gasteiger partial charge in [0.25, 0.3) is 0 Å². The lowest BCUT2D eigenvalue weighted by Gasteiger charge is -2.04. The molecule has 0 spiro atoms. The van der Waals surface area contributed by atoms with Crippen LogP contribution in [0.25, 0.3) is 11.1 Å². The molecular formula is C12H7FN2O. The lowest BCUT2D eigenvalue weighted by molar-refractivity contribution is 0.475. The number of phenolic OH excluding ortho intramolecular Hbond substituents is 1. The smallest absolute Gasteiger partial charge is 0.124 e. The van der Waals surface area contributed by atoms with Crippen LogP contribution in [-0.2, 0) is 0 Å². The summed E-state index contributed by atoms with van der Waals surface area (Å²) in [6.45, 7) is 0. The van der Waals surface area contributed by atoms with Crippen LogP contribution in [0.5, 0.6) is 5.75 Å². The standard InChI is InChI=1S/C12H7FN2O/c13-10-1-2-12(16)11(4-10)9-3-8(5-14)6-15-7-9/h1-4,6-7,16H. The molecule has 0 fully saturated rings. The van der Waals surface area contributed by atoms with E-state index in [-0.39, 0.29) is 5.75 Å². The van der Waals surface area contributed by atoms with Crippen LogP contribution in [0.4, 0.5) is 4.39 Å². The Bertz CT molecular complexity index is 575. The fourth-order valence-electron chi connectivity index (χ4n) is 1.39. The molecule has 1 aromatic carbocycles. The van der Waals surface area contributed by atoms with Crippen LogP contribution in [0, 0.1) is 17.1 Å². The van der Waals surface area contributed by atoms with Crippen molar-refractivity contribution in [3.8, 4) is 22.9 Å². The van der Waals surface area contributed by atoms with E-state index < -0.39 is 5.82 Å². The Morgan fingerprint density at radius 1 is 1.25 bits per heavy atom. The quantitative estimate of drug-likeness (QED) is 0.793. The second-order valence-electron chi connectivity index (χ2n) is 3.24. The second kappa shape index (κ2) is 3.99. The number of benzene rings is 1. The molecular weight excluding hydrogens is 207 g/mol. The number of phenols is 1. The summed E-state index contributed by atoms with van der Waals surface area (Å²) in [5, 5.41) is 18.3. The van der Waals surface area contributed by atoms with Gasteiger partial charge in [0.1, 0.15) is 17.6 Å². The lowest BCUT2D eigenvalue weighted by Crippen LogP contribution is -1.85. The van der Waals surface area contributed by atoms with Crippen molar-refractivity contribution in [3.05, 3.63) is 48.0 Å². The molecule has 0 aliphatic carbocycles. The van der Waals surface area contributed by atoms with Crippen LogP contribution in [0.3, 0.4) is 0 Å². The van der Waals surface area contributed by atoms with Gasteiger partial charge >= 0.3 is 0 Å². The molecule has 0 aliphatic rings. The summed E-state index contributed by atoms with van der Waals surface area (Å²) in [5.41, 5.74) is 1.20. The molecule has 0 amide bonds. The van der Waals surface area contributed by atoms with Crippen molar-refractivity contribution in [1.29, 1.82) is 5.26 Å². The van der Waals surface area contributed by atoms with E-state index in [0.717, 1.165) is 0 Å². The van der Waals surface area contributed by atoms with Crippen molar-refractivity contribution in [2.24, 2.45) is 0 Å². The van der Waals surface area contributed by atoms with Crippen LogP contribution < -0.4 is 0 Å². The van der Waals surface area contributed by atoms with Crippen molar-refractivity contribution in [3.63, 3.8) is 0 Å². The summed E-state index contributed by atoms with van der Waals surface area (Å²) in [5.74, 6) is -0.492. The van der Waals surface area contributed by atoms with Crippen LogP contribution in [0.15, 0.2) is 36.7 Å². The van der Waals surface area contributed by atoms with Crippen molar-refractivity contribution >= 4 is 0 Å². The number of halogens is 1. The van der Waals surface area contributed by atoms with Gasteiger partial charge in [-0.1, -0.05) is 0 Å². The van der Waals surface area contributed by atoms with Gasteiger partial charge in [-0.15, -0.1) is 0 Å². The number of nitrogens with zero attached hydrogens (tertiary/aromatic N) is 2. The fraction of sp³-hybridized carbons (Fsp3) is 0. The largest absolute Gasteiger partial charge is 0.507 e. The first-order chi connectivity index (χ1) is 7.70. The van der Waals surface area contributed by atoms with Crippen LogP contribution >= 0.6 is 0 Å². The minimum Gasteiger partial charge on any atom is -0.507 e. The maximum atomic E-state index is 13.0. The number of hydrogen-bond acceptors (Lipinski definition) is 3. The molecule has 0 aliphatic heterocycles. The predicted octanol–water partition coefficient (Wildman–Crippen LogP) is 2.46. The average molecular weight is 214 g/mol. The van der Waals surface area contributed by atoms with E-state index in [1.54, 1.807) is 6.07 Å². The van der Waals surface area contributed by atoms with E-state index in [1.165, 1.54) is 30.6 Å². The zero-order valence-corrected chi connectivity index (χ0v) is 8.18. The number of aromatic nitrogens is 1. The molecule has 16 heavy (non-hydrogen) atoms.